The van der Waals surface area contributed by atoms with Crippen molar-refractivity contribution in [3.8, 4) is 5.75 Å². The average molecular weight is 302 g/mol. The van der Waals surface area contributed by atoms with Crippen LogP contribution in [0.3, 0.4) is 0 Å². The van der Waals surface area contributed by atoms with E-state index in [9.17, 15) is 14.7 Å². The van der Waals surface area contributed by atoms with Gasteiger partial charge in [0.15, 0.2) is 0 Å². The van der Waals surface area contributed by atoms with Gasteiger partial charge in [0.25, 0.3) is 0 Å². The normalized spacial score (nSPS) is 11.7. The maximum absolute atomic E-state index is 11.5. The highest BCUT2D eigenvalue weighted by atomic mass is 35.5. The first-order valence-corrected chi connectivity index (χ1v) is 5.41. The van der Waals surface area contributed by atoms with Crippen molar-refractivity contribution < 1.29 is 19.8 Å². The van der Waals surface area contributed by atoms with Crippen LogP contribution in [-0.2, 0) is 9.59 Å². The lowest BCUT2D eigenvalue weighted by atomic mass is 10.1. The molecule has 7 nitrogen and oxygen atoms in total. The number of hydrogen-bond acceptors (Lipinski definition) is 5. The Hall–Kier alpha value is -2.25. The number of amides is 2. The van der Waals surface area contributed by atoms with Crippen LogP contribution >= 0.6 is 12.4 Å². The largest absolute Gasteiger partial charge is 0.507 e. The average Bonchev–Trinajstić information content (AvgIpc) is 2.36. The molecule has 0 spiro atoms. The van der Waals surface area contributed by atoms with E-state index in [0.717, 1.165) is 6.08 Å². The number of aliphatic hydroxyl groups excluding tert-OH is 1. The number of carbonyl (C=O) groups excluding carboxylic acids is 2. The molecule has 0 saturated heterocycles. The number of hydrogen-bond donors (Lipinski definition) is 5. The molecule has 1 unspecified atom stereocenters. The van der Waals surface area contributed by atoms with Crippen molar-refractivity contribution >= 4 is 36.0 Å². The van der Waals surface area contributed by atoms with Crippen LogP contribution in [-0.4, -0.2) is 34.7 Å². The van der Waals surface area contributed by atoms with E-state index in [1.54, 1.807) is 0 Å². The van der Waals surface area contributed by atoms with E-state index in [1.807, 2.05) is 0 Å². The van der Waals surface area contributed by atoms with Gasteiger partial charge in [0.2, 0.25) is 11.8 Å². The zero-order valence-corrected chi connectivity index (χ0v) is 11.3. The number of rotatable bonds is 5. The van der Waals surface area contributed by atoms with Crippen LogP contribution < -0.4 is 16.8 Å². The van der Waals surface area contributed by atoms with E-state index in [2.05, 4.69) is 5.32 Å². The van der Waals surface area contributed by atoms with Gasteiger partial charge in [0, 0.05) is 17.3 Å². The van der Waals surface area contributed by atoms with Crippen molar-refractivity contribution in [2.75, 3.05) is 12.3 Å². The first-order chi connectivity index (χ1) is 8.93. The summed E-state index contributed by atoms with van der Waals surface area (Å²) in [6.45, 7) is -0.585. The molecule has 0 bridgehead atoms. The lowest BCUT2D eigenvalue weighted by Crippen LogP contribution is -2.46. The Morgan fingerprint density at radius 3 is 2.60 bits per heavy atom. The SMILES string of the molecule is Cl.NC(=O)C(CO)NC(=O)C=Cc1cc(N)ccc1O. The highest BCUT2D eigenvalue weighted by molar-refractivity contribution is 5.95. The molecular weight excluding hydrogens is 286 g/mol. The molecule has 0 aliphatic heterocycles. The van der Waals surface area contributed by atoms with Gasteiger partial charge in [0.1, 0.15) is 11.8 Å². The molecule has 2 amide bonds. The van der Waals surface area contributed by atoms with Gasteiger partial charge in [0.05, 0.1) is 6.61 Å². The number of aliphatic hydroxyl groups is 1. The second-order valence-corrected chi connectivity index (χ2v) is 3.80. The summed E-state index contributed by atoms with van der Waals surface area (Å²) in [5.74, 6) is -1.50. The number of phenols is 1. The standard InChI is InChI=1S/C12H15N3O4.ClH/c13-8-2-3-10(17)7(5-8)1-4-11(18)15-9(6-16)12(14)19;/h1-5,9,16-17H,6,13H2,(H2,14,19)(H,15,18);1H. The van der Waals surface area contributed by atoms with E-state index in [-0.39, 0.29) is 18.2 Å². The summed E-state index contributed by atoms with van der Waals surface area (Å²) in [6.07, 6.45) is 2.43. The summed E-state index contributed by atoms with van der Waals surface area (Å²) in [6, 6.07) is 3.25. The molecule has 0 aromatic heterocycles. The predicted octanol–water partition coefficient (Wildman–Crippen LogP) is -0.628. The van der Waals surface area contributed by atoms with E-state index >= 15 is 0 Å². The fraction of sp³-hybridized carbons (Fsp3) is 0.167. The molecule has 0 radical (unpaired) electrons. The number of nitrogens with two attached hydrogens (primary N) is 2. The number of nitrogens with one attached hydrogen (secondary N) is 1. The summed E-state index contributed by atoms with van der Waals surface area (Å²) in [4.78, 5) is 22.3. The van der Waals surface area contributed by atoms with Crippen molar-refractivity contribution in [2.24, 2.45) is 5.73 Å². The summed E-state index contributed by atoms with van der Waals surface area (Å²) in [7, 11) is 0. The minimum absolute atomic E-state index is 0. The van der Waals surface area contributed by atoms with Gasteiger partial charge >= 0.3 is 0 Å². The summed E-state index contributed by atoms with van der Waals surface area (Å²) in [5.41, 5.74) is 11.3. The molecule has 1 aromatic carbocycles. The van der Waals surface area contributed by atoms with E-state index < -0.39 is 24.5 Å². The van der Waals surface area contributed by atoms with Crippen LogP contribution in [0.4, 0.5) is 5.69 Å². The molecule has 8 heteroatoms. The second-order valence-electron chi connectivity index (χ2n) is 3.80. The molecule has 0 fully saturated rings. The minimum Gasteiger partial charge on any atom is -0.507 e. The Morgan fingerprint density at radius 2 is 2.05 bits per heavy atom. The van der Waals surface area contributed by atoms with Crippen LogP contribution in [0.2, 0.25) is 0 Å². The van der Waals surface area contributed by atoms with E-state index in [0.29, 0.717) is 11.3 Å². The Balaban J connectivity index is 0.00000361. The van der Waals surface area contributed by atoms with Crippen molar-refractivity contribution in [1.82, 2.24) is 5.32 Å². The number of carbonyl (C=O) groups is 2. The molecule has 1 atom stereocenters. The minimum atomic E-state index is -1.15. The van der Waals surface area contributed by atoms with Crippen molar-refractivity contribution in [3.63, 3.8) is 0 Å². The molecule has 0 saturated carbocycles. The highest BCUT2D eigenvalue weighted by Crippen LogP contribution is 2.20. The molecule has 7 N–H and O–H groups in total. The van der Waals surface area contributed by atoms with Crippen LogP contribution in [0, 0.1) is 0 Å². The smallest absolute Gasteiger partial charge is 0.244 e. The zero-order chi connectivity index (χ0) is 14.4. The molecule has 0 aliphatic rings. The number of benzene rings is 1. The molecule has 1 aromatic rings. The lowest BCUT2D eigenvalue weighted by Gasteiger charge is -2.10. The number of primary amides is 1. The quantitative estimate of drug-likeness (QED) is 0.280. The lowest BCUT2D eigenvalue weighted by molar-refractivity contribution is -0.125. The maximum atomic E-state index is 11.5. The third-order valence-corrected chi connectivity index (χ3v) is 2.31. The van der Waals surface area contributed by atoms with Gasteiger partial charge in [-0.1, -0.05) is 0 Å². The monoisotopic (exact) mass is 301 g/mol. The van der Waals surface area contributed by atoms with E-state index in [1.165, 1.54) is 24.3 Å². The third kappa shape index (κ3) is 5.17. The summed E-state index contributed by atoms with van der Waals surface area (Å²) in [5, 5.41) is 20.5. The topological polar surface area (TPSA) is 139 Å². The maximum Gasteiger partial charge on any atom is 0.244 e. The number of phenolic OH excluding ortho intramolecular Hbond substituents is 1. The van der Waals surface area contributed by atoms with Gasteiger partial charge in [-0.2, -0.15) is 0 Å². The Labute approximate surface area is 121 Å². The van der Waals surface area contributed by atoms with Crippen LogP contribution in [0.15, 0.2) is 24.3 Å². The molecular formula is C12H16ClN3O4. The first kappa shape index (κ1) is 17.8. The van der Waals surface area contributed by atoms with Gasteiger partial charge < -0.3 is 27.0 Å². The Kier molecular flexibility index (Phi) is 7.12. The van der Waals surface area contributed by atoms with Crippen LogP contribution in [0.1, 0.15) is 5.56 Å². The van der Waals surface area contributed by atoms with Crippen LogP contribution in [0.25, 0.3) is 6.08 Å². The number of anilines is 1. The fourth-order valence-electron chi connectivity index (χ4n) is 1.30. The van der Waals surface area contributed by atoms with E-state index in [4.69, 9.17) is 16.6 Å². The molecule has 0 aliphatic carbocycles. The number of aromatic hydroxyl groups is 1. The molecule has 0 heterocycles. The van der Waals surface area contributed by atoms with Gasteiger partial charge in [-0.05, 0) is 24.3 Å². The van der Waals surface area contributed by atoms with Crippen molar-refractivity contribution in [2.45, 2.75) is 6.04 Å². The summed E-state index contributed by atoms with van der Waals surface area (Å²) < 4.78 is 0. The second kappa shape index (κ2) is 8.03. The zero-order valence-electron chi connectivity index (χ0n) is 10.4. The fourth-order valence-corrected chi connectivity index (χ4v) is 1.30. The van der Waals surface area contributed by atoms with Crippen LogP contribution in [0.5, 0.6) is 5.75 Å². The van der Waals surface area contributed by atoms with Gasteiger partial charge in [-0.25, -0.2) is 0 Å². The van der Waals surface area contributed by atoms with Crippen molar-refractivity contribution in [1.29, 1.82) is 0 Å². The number of halogens is 1. The first-order valence-electron chi connectivity index (χ1n) is 5.41. The van der Waals surface area contributed by atoms with Crippen molar-refractivity contribution in [3.05, 3.63) is 29.8 Å². The molecule has 1 rings (SSSR count). The Bertz CT molecular complexity index is 519. The third-order valence-electron chi connectivity index (χ3n) is 2.31. The Morgan fingerprint density at radius 1 is 1.40 bits per heavy atom. The molecule has 110 valence electrons. The van der Waals surface area contributed by atoms with Gasteiger partial charge in [-0.3, -0.25) is 9.59 Å². The highest BCUT2D eigenvalue weighted by Gasteiger charge is 2.15. The number of nitrogen functional groups attached to an aromatic ring is 1. The summed E-state index contributed by atoms with van der Waals surface area (Å²) >= 11 is 0. The molecule has 20 heavy (non-hydrogen) atoms. The predicted molar refractivity (Wildman–Crippen MR) is 77.0 cm³/mol. The van der Waals surface area contributed by atoms with Gasteiger partial charge in [-0.15, -0.1) is 12.4 Å².